The molecule has 0 saturated carbocycles. The third kappa shape index (κ3) is 6.92. The van der Waals surface area contributed by atoms with Crippen LogP contribution in [-0.2, 0) is 6.42 Å². The molecule has 1 aromatic heterocycles. The third-order valence-electron chi connectivity index (χ3n) is 5.09. The van der Waals surface area contributed by atoms with Gasteiger partial charge in [0.05, 0.1) is 17.2 Å². The van der Waals surface area contributed by atoms with Crippen molar-refractivity contribution in [1.82, 2.24) is 4.73 Å². The summed E-state index contributed by atoms with van der Waals surface area (Å²) in [6.07, 6.45) is 12.0. The summed E-state index contributed by atoms with van der Waals surface area (Å²) in [5.41, 5.74) is 8.11. The molecular formula is C20H35N3O2. The van der Waals surface area contributed by atoms with Crippen LogP contribution in [0.3, 0.4) is 0 Å². The number of unbranched alkanes of at least 4 members (excludes halogenated alkanes) is 8. The van der Waals surface area contributed by atoms with Gasteiger partial charge in [-0.25, -0.2) is 0 Å². The molecule has 0 aliphatic carbocycles. The quantitative estimate of drug-likeness (QED) is 0.226. The van der Waals surface area contributed by atoms with Gasteiger partial charge in [0.2, 0.25) is 0 Å². The summed E-state index contributed by atoms with van der Waals surface area (Å²) in [4.78, 5) is 12.1. The number of hydrogen-bond donors (Lipinski definition) is 3. The summed E-state index contributed by atoms with van der Waals surface area (Å²) >= 11 is 0. The van der Waals surface area contributed by atoms with Crippen LogP contribution in [0, 0.1) is 26.2 Å². The molecule has 0 amide bonds. The molecule has 5 heteroatoms. The molecule has 0 atom stereocenters. The summed E-state index contributed by atoms with van der Waals surface area (Å²) in [5, 5.41) is 17.4. The van der Waals surface area contributed by atoms with Gasteiger partial charge in [0.25, 0.3) is 0 Å². The molecule has 1 heterocycles. The van der Waals surface area contributed by atoms with E-state index in [0.717, 1.165) is 37.8 Å². The van der Waals surface area contributed by atoms with Crippen LogP contribution in [0.15, 0.2) is 4.79 Å². The van der Waals surface area contributed by atoms with Gasteiger partial charge in [0.15, 0.2) is 5.43 Å². The fourth-order valence-corrected chi connectivity index (χ4v) is 3.24. The molecule has 0 bridgehead atoms. The highest BCUT2D eigenvalue weighted by molar-refractivity contribution is 5.76. The van der Waals surface area contributed by atoms with Crippen molar-refractivity contribution in [3.63, 3.8) is 0 Å². The molecule has 142 valence electrons. The lowest BCUT2D eigenvalue weighted by Gasteiger charge is -2.15. The van der Waals surface area contributed by atoms with Gasteiger partial charge in [-0.1, -0.05) is 44.9 Å². The molecule has 4 N–H and O–H groups in total. The topological polar surface area (TPSA) is 92.1 Å². The maximum atomic E-state index is 12.1. The molecule has 0 spiro atoms. The molecule has 0 aliphatic heterocycles. The molecule has 0 unspecified atom stereocenters. The average Bonchev–Trinajstić information content (AvgIpc) is 2.58. The molecule has 0 saturated heterocycles. The van der Waals surface area contributed by atoms with Gasteiger partial charge < -0.3 is 10.9 Å². The van der Waals surface area contributed by atoms with Crippen LogP contribution >= 0.6 is 0 Å². The summed E-state index contributed by atoms with van der Waals surface area (Å²) in [6, 6.07) is 0. The highest BCUT2D eigenvalue weighted by Crippen LogP contribution is 2.15. The molecule has 0 aromatic carbocycles. The first-order chi connectivity index (χ1) is 11.9. The maximum absolute atomic E-state index is 12.1. The molecule has 0 aliphatic rings. The molecule has 0 fully saturated rings. The van der Waals surface area contributed by atoms with Crippen LogP contribution < -0.4 is 11.2 Å². The summed E-state index contributed by atoms with van der Waals surface area (Å²) in [6.45, 7) is 5.36. The van der Waals surface area contributed by atoms with Crippen LogP contribution in [0.25, 0.3) is 0 Å². The number of amidine groups is 1. The minimum Gasteiger partial charge on any atom is -0.428 e. The Morgan fingerprint density at radius 2 is 1.40 bits per heavy atom. The van der Waals surface area contributed by atoms with Gasteiger partial charge in [0.1, 0.15) is 0 Å². The molecule has 1 aromatic rings. The number of hydrogen-bond acceptors (Lipinski definition) is 3. The van der Waals surface area contributed by atoms with E-state index in [1.165, 1.54) is 43.3 Å². The van der Waals surface area contributed by atoms with Crippen molar-refractivity contribution in [2.24, 2.45) is 5.73 Å². The Labute approximate surface area is 151 Å². The fraction of sp³-hybridized carbons (Fsp3) is 0.700. The number of aromatic nitrogens is 1. The van der Waals surface area contributed by atoms with E-state index in [-0.39, 0.29) is 5.43 Å². The maximum Gasteiger partial charge on any atom is 0.188 e. The van der Waals surface area contributed by atoms with E-state index in [2.05, 4.69) is 0 Å². The van der Waals surface area contributed by atoms with Crippen LogP contribution in [0.1, 0.15) is 86.7 Å². The summed E-state index contributed by atoms with van der Waals surface area (Å²) < 4.78 is 1.20. The second kappa shape index (κ2) is 11.0. The first kappa shape index (κ1) is 21.3. The Balaban J connectivity index is 2.19. The Morgan fingerprint density at radius 1 is 0.920 bits per heavy atom. The smallest absolute Gasteiger partial charge is 0.188 e. The first-order valence-electron chi connectivity index (χ1n) is 9.60. The number of nitrogens with zero attached hydrogens (tertiary/aromatic N) is 1. The van der Waals surface area contributed by atoms with E-state index in [0.29, 0.717) is 22.7 Å². The predicted molar refractivity (Wildman–Crippen MR) is 104 cm³/mol. The zero-order chi connectivity index (χ0) is 18.8. The number of nitrogens with two attached hydrogens (primary N) is 1. The van der Waals surface area contributed by atoms with Crippen molar-refractivity contribution >= 4 is 5.84 Å². The standard InChI is InChI=1S/C20H35N3O2/c1-15-17(3)23(25)18(16(2)20(15)24)13-11-9-7-5-4-6-8-10-12-14-19(21)22/h25H,4-14H2,1-3H3,(H3,21,22). The Bertz CT molecular complexity index is 620. The lowest BCUT2D eigenvalue weighted by Crippen LogP contribution is -2.21. The zero-order valence-electron chi connectivity index (χ0n) is 16.2. The second-order valence-corrected chi connectivity index (χ2v) is 7.13. The molecule has 0 radical (unpaired) electrons. The Hall–Kier alpha value is -1.78. The van der Waals surface area contributed by atoms with E-state index in [9.17, 15) is 10.0 Å². The molecule has 5 nitrogen and oxygen atoms in total. The second-order valence-electron chi connectivity index (χ2n) is 7.13. The van der Waals surface area contributed by atoms with Gasteiger partial charge in [-0.15, -0.1) is 0 Å². The zero-order valence-corrected chi connectivity index (χ0v) is 16.2. The van der Waals surface area contributed by atoms with Gasteiger partial charge in [-0.3, -0.25) is 10.2 Å². The summed E-state index contributed by atoms with van der Waals surface area (Å²) in [7, 11) is 0. The van der Waals surface area contributed by atoms with E-state index in [4.69, 9.17) is 11.1 Å². The molecule has 1 rings (SSSR count). The van der Waals surface area contributed by atoms with E-state index in [1.807, 2.05) is 6.92 Å². The minimum atomic E-state index is 0.0579. The van der Waals surface area contributed by atoms with Crippen LogP contribution in [-0.4, -0.2) is 15.8 Å². The SMILES string of the molecule is Cc1c(C)n(O)c(CCCCCCCCCCCC(=N)N)c(C)c1=O. The van der Waals surface area contributed by atoms with Crippen molar-refractivity contribution in [3.05, 3.63) is 32.7 Å². The fourth-order valence-electron chi connectivity index (χ4n) is 3.24. The van der Waals surface area contributed by atoms with E-state index in [1.54, 1.807) is 13.8 Å². The van der Waals surface area contributed by atoms with Crippen molar-refractivity contribution in [2.75, 3.05) is 0 Å². The van der Waals surface area contributed by atoms with Crippen LogP contribution in [0.4, 0.5) is 0 Å². The average molecular weight is 350 g/mol. The van der Waals surface area contributed by atoms with Crippen molar-refractivity contribution in [3.8, 4) is 0 Å². The van der Waals surface area contributed by atoms with E-state index < -0.39 is 0 Å². The molecule has 25 heavy (non-hydrogen) atoms. The lowest BCUT2D eigenvalue weighted by molar-refractivity contribution is 0.165. The largest absolute Gasteiger partial charge is 0.428 e. The number of pyridine rings is 1. The number of nitrogens with one attached hydrogen (secondary N) is 1. The third-order valence-corrected chi connectivity index (χ3v) is 5.09. The normalized spacial score (nSPS) is 11.0. The number of rotatable bonds is 12. The van der Waals surface area contributed by atoms with Crippen molar-refractivity contribution in [2.45, 2.75) is 91.4 Å². The highest BCUT2D eigenvalue weighted by Gasteiger charge is 2.13. The van der Waals surface area contributed by atoms with Gasteiger partial charge in [-0.2, -0.15) is 4.73 Å². The van der Waals surface area contributed by atoms with E-state index >= 15 is 0 Å². The lowest BCUT2D eigenvalue weighted by atomic mass is 10.0. The van der Waals surface area contributed by atoms with Gasteiger partial charge >= 0.3 is 0 Å². The van der Waals surface area contributed by atoms with Gasteiger partial charge in [-0.05, 0) is 40.0 Å². The molecular weight excluding hydrogens is 314 g/mol. The summed E-state index contributed by atoms with van der Waals surface area (Å²) in [5.74, 6) is 0.298. The van der Waals surface area contributed by atoms with Crippen LogP contribution in [0.5, 0.6) is 0 Å². The first-order valence-corrected chi connectivity index (χ1v) is 9.60. The predicted octanol–water partition coefficient (Wildman–Crippen LogP) is 4.39. The minimum absolute atomic E-state index is 0.0579. The van der Waals surface area contributed by atoms with Crippen molar-refractivity contribution in [1.29, 1.82) is 5.41 Å². The monoisotopic (exact) mass is 349 g/mol. The van der Waals surface area contributed by atoms with Gasteiger partial charge in [0, 0.05) is 17.5 Å². The highest BCUT2D eigenvalue weighted by atomic mass is 16.5. The van der Waals surface area contributed by atoms with Crippen LogP contribution in [0.2, 0.25) is 0 Å². The Kier molecular flexibility index (Phi) is 9.32. The van der Waals surface area contributed by atoms with Crippen molar-refractivity contribution < 1.29 is 5.21 Å². The Morgan fingerprint density at radius 3 is 1.92 bits per heavy atom.